The molecule has 0 aliphatic carbocycles. The number of hydrogen-bond donors (Lipinski definition) is 1. The fourth-order valence-electron chi connectivity index (χ4n) is 2.27. The van der Waals surface area contributed by atoms with Crippen LogP contribution in [-0.2, 0) is 9.84 Å². The minimum absolute atomic E-state index is 0.0520. The van der Waals surface area contributed by atoms with Crippen molar-refractivity contribution >= 4 is 20.7 Å². The third-order valence-corrected chi connectivity index (χ3v) is 5.21. The van der Waals surface area contributed by atoms with Crippen LogP contribution in [-0.4, -0.2) is 20.5 Å². The van der Waals surface area contributed by atoms with Crippen LogP contribution in [0, 0.1) is 5.82 Å². The minimum Gasteiger partial charge on any atom is -0.497 e. The zero-order chi connectivity index (χ0) is 16.6. The summed E-state index contributed by atoms with van der Waals surface area (Å²) in [5, 5.41) is 0.107. The lowest BCUT2D eigenvalue weighted by atomic mass is 10.2. The van der Waals surface area contributed by atoms with Crippen LogP contribution in [0.1, 0.15) is 0 Å². The average Bonchev–Trinajstić information content (AvgIpc) is 2.54. The lowest BCUT2D eigenvalue weighted by Crippen LogP contribution is -2.16. The SMILES string of the molecule is COc1cccc(S(=O)(=O)c2c[nH]c3cc(F)ccc3c2=O)c1. The molecule has 23 heavy (non-hydrogen) atoms. The van der Waals surface area contributed by atoms with E-state index in [0.717, 1.165) is 18.3 Å². The molecule has 0 bridgehead atoms. The highest BCUT2D eigenvalue weighted by molar-refractivity contribution is 7.91. The van der Waals surface area contributed by atoms with E-state index in [1.54, 1.807) is 6.07 Å². The van der Waals surface area contributed by atoms with Crippen molar-refractivity contribution in [3.63, 3.8) is 0 Å². The summed E-state index contributed by atoms with van der Waals surface area (Å²) in [5.74, 6) is -0.151. The molecule has 0 amide bonds. The van der Waals surface area contributed by atoms with Crippen molar-refractivity contribution in [1.82, 2.24) is 4.98 Å². The number of methoxy groups -OCH3 is 1. The van der Waals surface area contributed by atoms with E-state index in [0.29, 0.717) is 5.75 Å². The van der Waals surface area contributed by atoms with Gasteiger partial charge in [0.15, 0.2) is 0 Å². The predicted octanol–water partition coefficient (Wildman–Crippen LogP) is 2.51. The fraction of sp³-hybridized carbons (Fsp3) is 0.0625. The summed E-state index contributed by atoms with van der Waals surface area (Å²) in [6.45, 7) is 0. The van der Waals surface area contributed by atoms with Crippen molar-refractivity contribution in [1.29, 1.82) is 0 Å². The lowest BCUT2D eigenvalue weighted by molar-refractivity contribution is 0.413. The number of ether oxygens (including phenoxy) is 1. The van der Waals surface area contributed by atoms with Crippen molar-refractivity contribution in [2.45, 2.75) is 9.79 Å². The number of aromatic amines is 1. The van der Waals surface area contributed by atoms with E-state index in [2.05, 4.69) is 4.98 Å². The molecule has 1 heterocycles. The first-order valence-electron chi connectivity index (χ1n) is 6.63. The number of halogens is 1. The number of rotatable bonds is 3. The molecular formula is C16H12FNO4S. The third-order valence-electron chi connectivity index (χ3n) is 3.45. The second-order valence-corrected chi connectivity index (χ2v) is 6.77. The molecule has 0 spiro atoms. The smallest absolute Gasteiger partial charge is 0.212 e. The van der Waals surface area contributed by atoms with Gasteiger partial charge in [0, 0.05) is 11.6 Å². The van der Waals surface area contributed by atoms with Gasteiger partial charge in [-0.15, -0.1) is 0 Å². The zero-order valence-corrected chi connectivity index (χ0v) is 12.9. The van der Waals surface area contributed by atoms with E-state index in [4.69, 9.17) is 4.74 Å². The molecule has 3 rings (SSSR count). The maximum atomic E-state index is 13.2. The molecule has 0 aliphatic heterocycles. The molecular weight excluding hydrogens is 321 g/mol. The van der Waals surface area contributed by atoms with Gasteiger partial charge in [-0.05, 0) is 36.4 Å². The number of pyridine rings is 1. The number of H-pyrrole nitrogens is 1. The topological polar surface area (TPSA) is 76.2 Å². The normalized spacial score (nSPS) is 11.6. The van der Waals surface area contributed by atoms with E-state index in [-0.39, 0.29) is 15.8 Å². The Kier molecular flexibility index (Phi) is 3.65. The Balaban J connectivity index is 2.24. The number of aromatic nitrogens is 1. The average molecular weight is 333 g/mol. The quantitative estimate of drug-likeness (QED) is 0.799. The number of benzene rings is 2. The van der Waals surface area contributed by atoms with Gasteiger partial charge in [0.05, 0.1) is 17.5 Å². The molecule has 1 N–H and O–H groups in total. The standard InChI is InChI=1S/C16H12FNO4S/c1-22-11-3-2-4-12(8-11)23(20,21)15-9-18-14-7-10(17)5-6-13(14)16(15)19/h2-9H,1H3,(H,18,19). The predicted molar refractivity (Wildman–Crippen MR) is 83.0 cm³/mol. The van der Waals surface area contributed by atoms with Crippen LogP contribution in [0.3, 0.4) is 0 Å². The largest absolute Gasteiger partial charge is 0.497 e. The van der Waals surface area contributed by atoms with Crippen molar-refractivity contribution in [2.75, 3.05) is 7.11 Å². The number of nitrogens with one attached hydrogen (secondary N) is 1. The summed E-state index contributed by atoms with van der Waals surface area (Å²) >= 11 is 0. The highest BCUT2D eigenvalue weighted by Gasteiger charge is 2.23. The Morgan fingerprint density at radius 2 is 1.91 bits per heavy atom. The van der Waals surface area contributed by atoms with E-state index in [1.807, 2.05) is 0 Å². The second kappa shape index (κ2) is 5.51. The Morgan fingerprint density at radius 1 is 1.13 bits per heavy atom. The summed E-state index contributed by atoms with van der Waals surface area (Å²) in [6, 6.07) is 9.35. The highest BCUT2D eigenvalue weighted by atomic mass is 32.2. The van der Waals surface area contributed by atoms with Gasteiger partial charge < -0.3 is 9.72 Å². The minimum atomic E-state index is -4.02. The first kappa shape index (κ1) is 15.2. The molecule has 0 atom stereocenters. The highest BCUT2D eigenvalue weighted by Crippen LogP contribution is 2.23. The molecule has 0 saturated heterocycles. The summed E-state index contributed by atoms with van der Waals surface area (Å²) in [7, 11) is -2.60. The van der Waals surface area contributed by atoms with Crippen molar-refractivity contribution < 1.29 is 17.5 Å². The van der Waals surface area contributed by atoms with Gasteiger partial charge in [-0.25, -0.2) is 12.8 Å². The first-order chi connectivity index (χ1) is 10.9. The molecule has 0 fully saturated rings. The monoisotopic (exact) mass is 333 g/mol. The summed E-state index contributed by atoms with van der Waals surface area (Å²) in [5.41, 5.74) is -0.443. The summed E-state index contributed by atoms with van der Waals surface area (Å²) < 4.78 is 43.6. The summed E-state index contributed by atoms with van der Waals surface area (Å²) in [4.78, 5) is 14.7. The lowest BCUT2D eigenvalue weighted by Gasteiger charge is -2.07. The van der Waals surface area contributed by atoms with Gasteiger partial charge in [0.1, 0.15) is 16.5 Å². The third kappa shape index (κ3) is 2.59. The van der Waals surface area contributed by atoms with Crippen LogP contribution >= 0.6 is 0 Å². The van der Waals surface area contributed by atoms with Crippen molar-refractivity contribution in [3.05, 3.63) is 64.7 Å². The Hall–Kier alpha value is -2.67. The van der Waals surface area contributed by atoms with Gasteiger partial charge in [0.2, 0.25) is 15.3 Å². The van der Waals surface area contributed by atoms with Gasteiger partial charge >= 0.3 is 0 Å². The zero-order valence-electron chi connectivity index (χ0n) is 12.0. The van der Waals surface area contributed by atoms with Crippen LogP contribution in [0.5, 0.6) is 5.75 Å². The molecule has 3 aromatic rings. The first-order valence-corrected chi connectivity index (χ1v) is 8.12. The molecule has 5 nitrogen and oxygen atoms in total. The Labute approximate surface area is 131 Å². The van der Waals surface area contributed by atoms with E-state index in [1.165, 1.54) is 31.4 Å². The van der Waals surface area contributed by atoms with E-state index >= 15 is 0 Å². The van der Waals surface area contributed by atoms with E-state index < -0.39 is 26.0 Å². The van der Waals surface area contributed by atoms with Crippen molar-refractivity contribution in [2.24, 2.45) is 0 Å². The van der Waals surface area contributed by atoms with Crippen molar-refractivity contribution in [3.8, 4) is 5.75 Å². The number of hydrogen-bond acceptors (Lipinski definition) is 4. The van der Waals surface area contributed by atoms with Gasteiger partial charge in [-0.2, -0.15) is 0 Å². The number of fused-ring (bicyclic) bond motifs is 1. The molecule has 0 radical (unpaired) electrons. The maximum absolute atomic E-state index is 13.2. The number of sulfone groups is 1. The fourth-order valence-corrected chi connectivity index (χ4v) is 3.62. The van der Waals surface area contributed by atoms with Crippen LogP contribution < -0.4 is 10.2 Å². The second-order valence-electron chi connectivity index (χ2n) is 4.85. The molecule has 0 aliphatic rings. The summed E-state index contributed by atoms with van der Waals surface area (Å²) in [6.07, 6.45) is 1.08. The van der Waals surface area contributed by atoms with Crippen LogP contribution in [0.25, 0.3) is 10.9 Å². The molecule has 7 heteroatoms. The van der Waals surface area contributed by atoms with Crippen LogP contribution in [0.15, 0.2) is 63.2 Å². The maximum Gasteiger partial charge on any atom is 0.212 e. The molecule has 0 saturated carbocycles. The van der Waals surface area contributed by atoms with Crippen LogP contribution in [0.2, 0.25) is 0 Å². The Bertz CT molecular complexity index is 1060. The molecule has 2 aromatic carbocycles. The van der Waals surface area contributed by atoms with Gasteiger partial charge in [-0.3, -0.25) is 4.79 Å². The van der Waals surface area contributed by atoms with E-state index in [9.17, 15) is 17.6 Å². The molecule has 0 unspecified atom stereocenters. The molecule has 1 aromatic heterocycles. The molecule has 118 valence electrons. The van der Waals surface area contributed by atoms with Gasteiger partial charge in [0.25, 0.3) is 0 Å². The Morgan fingerprint density at radius 3 is 2.65 bits per heavy atom. The van der Waals surface area contributed by atoms with Crippen LogP contribution in [0.4, 0.5) is 4.39 Å². The van der Waals surface area contributed by atoms with Gasteiger partial charge in [-0.1, -0.05) is 6.07 Å².